The molecular formula is C14H18BrClNO10P. The van der Waals surface area contributed by atoms with Crippen molar-refractivity contribution in [2.75, 3.05) is 0 Å². The standard InChI is InChI=1S/C8H6BrClNO4P.C6H12O6/c9-4-1-2-5-7(8(4)10)6(3-11-5)15-16(12,13)14;7-1-2(8)4(10)6(12)5(11)3(1)9/h1-3,11H,(H2,12,13,14);1-12H. The Balaban J connectivity index is 0.000000209. The van der Waals surface area contributed by atoms with Crippen molar-refractivity contribution in [3.05, 3.63) is 27.8 Å². The van der Waals surface area contributed by atoms with Gasteiger partial charge in [0, 0.05) is 10.7 Å². The molecule has 1 heterocycles. The molecule has 14 heteroatoms. The van der Waals surface area contributed by atoms with E-state index in [9.17, 15) is 4.57 Å². The number of rotatable bonds is 2. The SMILES string of the molecule is O=P(O)(O)Oc1c[nH]c2ccc(Br)c(Cl)c12.OC1C(O)C(O)C(O)C(O)C1O. The van der Waals surface area contributed by atoms with Gasteiger partial charge in [-0.15, -0.1) is 0 Å². The molecule has 0 atom stereocenters. The fraction of sp³-hybridized carbons (Fsp3) is 0.429. The number of aliphatic hydroxyl groups excluding tert-OH is 6. The van der Waals surface area contributed by atoms with Crippen molar-refractivity contribution in [1.82, 2.24) is 4.98 Å². The molecule has 28 heavy (non-hydrogen) atoms. The van der Waals surface area contributed by atoms with Crippen LogP contribution in [-0.4, -0.2) is 82.0 Å². The number of hydrogen-bond donors (Lipinski definition) is 9. The molecule has 158 valence electrons. The number of aromatic nitrogens is 1. The summed E-state index contributed by atoms with van der Waals surface area (Å²) in [4.78, 5) is 20.3. The van der Waals surface area contributed by atoms with Gasteiger partial charge in [0.05, 0.1) is 15.9 Å². The summed E-state index contributed by atoms with van der Waals surface area (Å²) in [6, 6.07) is 3.44. The summed E-state index contributed by atoms with van der Waals surface area (Å²) in [5.74, 6) is 0.0228. The van der Waals surface area contributed by atoms with Gasteiger partial charge in [-0.1, -0.05) is 11.6 Å². The van der Waals surface area contributed by atoms with Gasteiger partial charge in [0.15, 0.2) is 5.75 Å². The number of fused-ring (bicyclic) bond motifs is 1. The van der Waals surface area contributed by atoms with Crippen molar-refractivity contribution >= 4 is 46.3 Å². The summed E-state index contributed by atoms with van der Waals surface area (Å²) in [5, 5.41) is 54.6. The predicted molar refractivity (Wildman–Crippen MR) is 99.7 cm³/mol. The van der Waals surface area contributed by atoms with Gasteiger partial charge in [0.1, 0.15) is 36.6 Å². The molecule has 0 unspecified atom stereocenters. The molecule has 2 aromatic rings. The predicted octanol–water partition coefficient (Wildman–Crippen LogP) is -0.779. The molecule has 0 spiro atoms. The number of aliphatic hydroxyl groups is 6. The van der Waals surface area contributed by atoms with E-state index in [2.05, 4.69) is 25.4 Å². The molecule has 1 aromatic heterocycles. The van der Waals surface area contributed by atoms with Crippen LogP contribution in [0.25, 0.3) is 10.9 Å². The molecule has 1 aliphatic carbocycles. The number of aromatic amines is 1. The molecule has 1 fully saturated rings. The number of hydrogen-bond acceptors (Lipinski definition) is 8. The number of phosphoric acid groups is 1. The zero-order valence-electron chi connectivity index (χ0n) is 13.8. The van der Waals surface area contributed by atoms with Crippen LogP contribution in [0.1, 0.15) is 0 Å². The second-order valence-electron chi connectivity index (χ2n) is 5.96. The summed E-state index contributed by atoms with van der Waals surface area (Å²) < 4.78 is 15.9. The Labute approximate surface area is 171 Å². The van der Waals surface area contributed by atoms with Crippen LogP contribution in [0.5, 0.6) is 5.75 Å². The smallest absolute Gasteiger partial charge is 0.402 e. The lowest BCUT2D eigenvalue weighted by Crippen LogP contribution is -2.63. The van der Waals surface area contributed by atoms with Crippen LogP contribution in [0.4, 0.5) is 0 Å². The van der Waals surface area contributed by atoms with Crippen LogP contribution >= 0.6 is 35.4 Å². The first-order valence-corrected chi connectivity index (χ1v) is 10.3. The van der Waals surface area contributed by atoms with E-state index in [1.165, 1.54) is 6.20 Å². The maximum Gasteiger partial charge on any atom is 0.524 e. The normalized spacial score (nSPS) is 30.6. The maximum atomic E-state index is 10.7. The van der Waals surface area contributed by atoms with E-state index in [0.717, 1.165) is 0 Å². The molecule has 1 aromatic carbocycles. The lowest BCUT2D eigenvalue weighted by Gasteiger charge is -2.39. The third kappa shape index (κ3) is 5.04. The van der Waals surface area contributed by atoms with Gasteiger partial charge >= 0.3 is 7.82 Å². The maximum absolute atomic E-state index is 10.7. The summed E-state index contributed by atoms with van der Waals surface area (Å²) in [6.07, 6.45) is -8.49. The van der Waals surface area contributed by atoms with E-state index in [-0.39, 0.29) is 5.75 Å². The molecule has 0 aliphatic heterocycles. The van der Waals surface area contributed by atoms with Gasteiger partial charge in [-0.25, -0.2) is 4.57 Å². The largest absolute Gasteiger partial charge is 0.524 e. The van der Waals surface area contributed by atoms with Crippen molar-refractivity contribution in [2.45, 2.75) is 36.6 Å². The van der Waals surface area contributed by atoms with E-state index < -0.39 is 44.4 Å². The third-order valence-electron chi connectivity index (χ3n) is 4.02. The minimum Gasteiger partial charge on any atom is -0.402 e. The lowest BCUT2D eigenvalue weighted by molar-refractivity contribution is -0.223. The number of benzene rings is 1. The molecule has 1 aliphatic rings. The number of H-pyrrole nitrogens is 1. The molecule has 0 amide bonds. The number of halogens is 2. The highest BCUT2D eigenvalue weighted by molar-refractivity contribution is 9.10. The quantitative estimate of drug-likeness (QED) is 0.232. The van der Waals surface area contributed by atoms with E-state index in [1.807, 2.05) is 0 Å². The van der Waals surface area contributed by atoms with Crippen LogP contribution in [0.2, 0.25) is 5.02 Å². The summed E-state index contributed by atoms with van der Waals surface area (Å²) in [6.45, 7) is 0. The first kappa shape index (κ1) is 23.5. The average molecular weight is 507 g/mol. The Morgan fingerprint density at radius 3 is 1.75 bits per heavy atom. The highest BCUT2D eigenvalue weighted by Gasteiger charge is 2.47. The summed E-state index contributed by atoms with van der Waals surface area (Å²) >= 11 is 9.22. The molecular weight excluding hydrogens is 488 g/mol. The first-order chi connectivity index (χ1) is 12.8. The number of phosphoric ester groups is 1. The second-order valence-corrected chi connectivity index (χ2v) is 8.36. The van der Waals surface area contributed by atoms with Crippen molar-refractivity contribution in [2.24, 2.45) is 0 Å². The zero-order valence-corrected chi connectivity index (χ0v) is 17.0. The zero-order chi connectivity index (χ0) is 21.4. The Bertz CT molecular complexity index is 817. The van der Waals surface area contributed by atoms with Crippen LogP contribution in [0.15, 0.2) is 22.8 Å². The third-order valence-corrected chi connectivity index (χ3v) is 5.73. The van der Waals surface area contributed by atoms with E-state index in [1.54, 1.807) is 12.1 Å². The summed E-state index contributed by atoms with van der Waals surface area (Å²) in [7, 11) is -4.59. The van der Waals surface area contributed by atoms with E-state index in [0.29, 0.717) is 20.4 Å². The molecule has 1 saturated carbocycles. The van der Waals surface area contributed by atoms with Gasteiger partial charge in [-0.05, 0) is 28.1 Å². The second kappa shape index (κ2) is 8.94. The van der Waals surface area contributed by atoms with E-state index in [4.69, 9.17) is 52.0 Å². The molecule has 3 rings (SSSR count). The topological polar surface area (TPSA) is 204 Å². The van der Waals surface area contributed by atoms with Gasteiger partial charge in [-0.3, -0.25) is 9.79 Å². The first-order valence-electron chi connectivity index (χ1n) is 7.63. The fourth-order valence-corrected chi connectivity index (χ4v) is 3.53. The van der Waals surface area contributed by atoms with Gasteiger partial charge in [0.25, 0.3) is 0 Å². The minimum atomic E-state index is -4.59. The Morgan fingerprint density at radius 2 is 1.36 bits per heavy atom. The fourth-order valence-electron chi connectivity index (χ4n) is 2.54. The summed E-state index contributed by atoms with van der Waals surface area (Å²) in [5.41, 5.74) is 0.636. The van der Waals surface area contributed by atoms with Crippen molar-refractivity contribution < 1.29 is 49.5 Å². The molecule has 0 saturated heterocycles. The van der Waals surface area contributed by atoms with Gasteiger partial charge < -0.3 is 40.1 Å². The molecule has 11 nitrogen and oxygen atoms in total. The Morgan fingerprint density at radius 1 is 0.929 bits per heavy atom. The van der Waals surface area contributed by atoms with E-state index >= 15 is 0 Å². The number of nitrogens with one attached hydrogen (secondary N) is 1. The Kier molecular flexibility index (Phi) is 7.51. The minimum absolute atomic E-state index is 0.0228. The molecule has 0 bridgehead atoms. The van der Waals surface area contributed by atoms with Crippen molar-refractivity contribution in [1.29, 1.82) is 0 Å². The lowest BCUT2D eigenvalue weighted by atomic mass is 9.85. The molecule has 9 N–H and O–H groups in total. The molecule has 0 radical (unpaired) electrons. The van der Waals surface area contributed by atoms with Crippen molar-refractivity contribution in [3.8, 4) is 5.75 Å². The average Bonchev–Trinajstić information content (AvgIpc) is 3.02. The van der Waals surface area contributed by atoms with Crippen LogP contribution in [0.3, 0.4) is 0 Å². The van der Waals surface area contributed by atoms with Gasteiger partial charge in [0.2, 0.25) is 0 Å². The monoisotopic (exact) mass is 505 g/mol. The van der Waals surface area contributed by atoms with Crippen LogP contribution in [0, 0.1) is 0 Å². The highest BCUT2D eigenvalue weighted by atomic mass is 79.9. The van der Waals surface area contributed by atoms with Crippen LogP contribution in [-0.2, 0) is 4.57 Å². The van der Waals surface area contributed by atoms with Crippen molar-refractivity contribution in [3.63, 3.8) is 0 Å². The van der Waals surface area contributed by atoms with Crippen LogP contribution < -0.4 is 4.52 Å². The van der Waals surface area contributed by atoms with Gasteiger partial charge in [-0.2, -0.15) is 0 Å². The highest BCUT2D eigenvalue weighted by Crippen LogP contribution is 2.44. The Hall–Kier alpha value is -0.760.